The van der Waals surface area contributed by atoms with Crippen molar-refractivity contribution in [2.45, 2.75) is 13.5 Å². The van der Waals surface area contributed by atoms with E-state index in [1.165, 1.54) is 5.56 Å². The van der Waals surface area contributed by atoms with Crippen LogP contribution in [-0.4, -0.2) is 5.91 Å². The van der Waals surface area contributed by atoms with Crippen LogP contribution in [0.15, 0.2) is 24.3 Å². The van der Waals surface area contributed by atoms with E-state index in [1.54, 1.807) is 11.8 Å². The van der Waals surface area contributed by atoms with Crippen molar-refractivity contribution in [3.63, 3.8) is 0 Å². The Morgan fingerprint density at radius 2 is 2.18 bits per heavy atom. The van der Waals surface area contributed by atoms with E-state index in [0.717, 1.165) is 12.2 Å². The molecule has 1 aliphatic heterocycles. The molecule has 0 spiro atoms. The first-order chi connectivity index (χ1) is 5.29. The Kier molecular flexibility index (Phi) is 1.22. The number of nitrogens with zero attached hydrogens (tertiary/aromatic N) is 1. The fourth-order valence-corrected chi connectivity index (χ4v) is 1.35. The molecule has 0 N–H and O–H groups in total. The van der Waals surface area contributed by atoms with Gasteiger partial charge in [0.15, 0.2) is 0 Å². The van der Waals surface area contributed by atoms with E-state index in [9.17, 15) is 4.79 Å². The summed E-state index contributed by atoms with van der Waals surface area (Å²) in [4.78, 5) is 12.7. The van der Waals surface area contributed by atoms with E-state index >= 15 is 0 Å². The summed E-state index contributed by atoms with van der Waals surface area (Å²) in [5.74, 6) is 0.128. The van der Waals surface area contributed by atoms with Gasteiger partial charge >= 0.3 is 0 Å². The number of para-hydroxylation sites is 1. The van der Waals surface area contributed by atoms with Crippen LogP contribution in [0.3, 0.4) is 0 Å². The number of hydrogen-bond donors (Lipinski definition) is 0. The van der Waals surface area contributed by atoms with Crippen molar-refractivity contribution in [1.29, 1.82) is 0 Å². The zero-order chi connectivity index (χ0) is 7.84. The number of amides is 1. The minimum atomic E-state index is 0.128. The van der Waals surface area contributed by atoms with Crippen LogP contribution in [0.5, 0.6) is 0 Å². The van der Waals surface area contributed by atoms with Gasteiger partial charge in [0.1, 0.15) is 0 Å². The van der Waals surface area contributed by atoms with Gasteiger partial charge in [-0.1, -0.05) is 18.2 Å². The Labute approximate surface area is 65.4 Å². The topological polar surface area (TPSA) is 20.3 Å². The second-order valence-corrected chi connectivity index (χ2v) is 2.73. The molecule has 1 aromatic carbocycles. The highest BCUT2D eigenvalue weighted by Gasteiger charge is 2.24. The maximum atomic E-state index is 10.9. The monoisotopic (exact) mass is 147 g/mol. The lowest BCUT2D eigenvalue weighted by Crippen LogP contribution is -2.36. The lowest BCUT2D eigenvalue weighted by atomic mass is 10.0. The molecule has 1 heterocycles. The van der Waals surface area contributed by atoms with Crippen molar-refractivity contribution < 1.29 is 4.79 Å². The zero-order valence-electron chi connectivity index (χ0n) is 6.37. The van der Waals surface area contributed by atoms with E-state index in [0.29, 0.717) is 0 Å². The highest BCUT2D eigenvalue weighted by molar-refractivity contribution is 5.95. The minimum absolute atomic E-state index is 0.128. The molecule has 1 aromatic rings. The van der Waals surface area contributed by atoms with Crippen LogP contribution in [0.1, 0.15) is 12.5 Å². The van der Waals surface area contributed by atoms with Crippen LogP contribution in [0.25, 0.3) is 0 Å². The average Bonchev–Trinajstić information content (AvgIpc) is 1.90. The van der Waals surface area contributed by atoms with E-state index < -0.39 is 0 Å². The smallest absolute Gasteiger partial charge is 0.224 e. The van der Waals surface area contributed by atoms with Crippen molar-refractivity contribution in [1.82, 2.24) is 0 Å². The largest absolute Gasteiger partial charge is 0.308 e. The number of carbonyl (C=O) groups is 1. The molecular weight excluding hydrogens is 138 g/mol. The van der Waals surface area contributed by atoms with E-state index in [2.05, 4.69) is 6.07 Å². The second kappa shape index (κ2) is 2.09. The van der Waals surface area contributed by atoms with Gasteiger partial charge < -0.3 is 4.90 Å². The molecule has 0 saturated heterocycles. The summed E-state index contributed by atoms with van der Waals surface area (Å²) in [6.07, 6.45) is 0. The summed E-state index contributed by atoms with van der Waals surface area (Å²) in [7, 11) is 0. The van der Waals surface area contributed by atoms with Gasteiger partial charge in [-0.2, -0.15) is 0 Å². The van der Waals surface area contributed by atoms with Gasteiger partial charge in [-0.3, -0.25) is 4.79 Å². The van der Waals surface area contributed by atoms with Crippen LogP contribution in [-0.2, 0) is 11.3 Å². The van der Waals surface area contributed by atoms with Crippen LogP contribution < -0.4 is 4.90 Å². The van der Waals surface area contributed by atoms with Crippen LogP contribution in [0, 0.1) is 0 Å². The van der Waals surface area contributed by atoms with Crippen molar-refractivity contribution in [2.75, 3.05) is 4.90 Å². The number of anilines is 1. The van der Waals surface area contributed by atoms with Crippen LogP contribution in [0.2, 0.25) is 0 Å². The predicted octanol–water partition coefficient (Wildman–Crippen LogP) is 1.55. The average molecular weight is 147 g/mol. The highest BCUT2D eigenvalue weighted by atomic mass is 16.2. The minimum Gasteiger partial charge on any atom is -0.308 e. The fraction of sp³-hybridized carbons (Fsp3) is 0.222. The lowest BCUT2D eigenvalue weighted by molar-refractivity contribution is -0.117. The third-order valence-corrected chi connectivity index (χ3v) is 1.99. The summed E-state index contributed by atoms with van der Waals surface area (Å²) < 4.78 is 0. The Hall–Kier alpha value is -1.31. The molecule has 0 aliphatic carbocycles. The number of carbonyl (C=O) groups excluding carboxylic acids is 1. The molecule has 0 atom stereocenters. The second-order valence-electron chi connectivity index (χ2n) is 2.73. The van der Waals surface area contributed by atoms with Crippen molar-refractivity contribution in [3.05, 3.63) is 29.8 Å². The fourth-order valence-electron chi connectivity index (χ4n) is 1.35. The molecule has 1 aliphatic rings. The molecule has 0 bridgehead atoms. The molecule has 2 heteroatoms. The highest BCUT2D eigenvalue weighted by Crippen LogP contribution is 2.31. The normalized spacial score (nSPS) is 13.7. The van der Waals surface area contributed by atoms with Gasteiger partial charge in [-0.15, -0.1) is 0 Å². The van der Waals surface area contributed by atoms with Gasteiger partial charge in [0.05, 0.1) is 6.54 Å². The first-order valence-electron chi connectivity index (χ1n) is 3.65. The Morgan fingerprint density at radius 3 is 2.82 bits per heavy atom. The molecule has 2 nitrogen and oxygen atoms in total. The molecule has 0 fully saturated rings. The number of benzene rings is 1. The van der Waals surface area contributed by atoms with E-state index in [4.69, 9.17) is 0 Å². The SMILES string of the molecule is CC(=O)N1Cc2ccccc21. The molecule has 11 heavy (non-hydrogen) atoms. The standard InChI is InChI=1S/C9H9NO/c1-7(11)10-6-8-4-2-3-5-9(8)10/h2-5H,6H2,1H3. The summed E-state index contributed by atoms with van der Waals surface area (Å²) >= 11 is 0. The molecule has 56 valence electrons. The van der Waals surface area contributed by atoms with E-state index in [-0.39, 0.29) is 5.91 Å². The summed E-state index contributed by atoms with van der Waals surface area (Å²) in [6.45, 7) is 2.38. The predicted molar refractivity (Wildman–Crippen MR) is 43.3 cm³/mol. The number of fused-ring (bicyclic) bond motifs is 1. The first-order valence-corrected chi connectivity index (χ1v) is 3.65. The summed E-state index contributed by atoms with van der Waals surface area (Å²) in [6, 6.07) is 7.97. The maximum Gasteiger partial charge on any atom is 0.224 e. The lowest BCUT2D eigenvalue weighted by Gasteiger charge is -2.32. The quantitative estimate of drug-likeness (QED) is 0.545. The van der Waals surface area contributed by atoms with E-state index in [1.807, 2.05) is 18.2 Å². The molecule has 0 saturated carbocycles. The number of hydrogen-bond acceptors (Lipinski definition) is 1. The van der Waals surface area contributed by atoms with Crippen LogP contribution >= 0.6 is 0 Å². The van der Waals surface area contributed by atoms with Crippen molar-refractivity contribution in [2.24, 2.45) is 0 Å². The zero-order valence-corrected chi connectivity index (χ0v) is 6.37. The van der Waals surface area contributed by atoms with Crippen molar-refractivity contribution in [3.8, 4) is 0 Å². The third-order valence-electron chi connectivity index (χ3n) is 1.99. The summed E-state index contributed by atoms with van der Waals surface area (Å²) in [5, 5.41) is 0. The Balaban J connectivity index is 2.36. The van der Waals surface area contributed by atoms with Gasteiger partial charge in [0.2, 0.25) is 5.91 Å². The Morgan fingerprint density at radius 1 is 1.45 bits per heavy atom. The third kappa shape index (κ3) is 0.827. The van der Waals surface area contributed by atoms with Gasteiger partial charge in [-0.05, 0) is 11.6 Å². The summed E-state index contributed by atoms with van der Waals surface area (Å²) in [5.41, 5.74) is 2.34. The maximum absolute atomic E-state index is 10.9. The van der Waals surface area contributed by atoms with Crippen molar-refractivity contribution >= 4 is 11.6 Å². The molecule has 0 unspecified atom stereocenters. The molecule has 0 radical (unpaired) electrons. The van der Waals surface area contributed by atoms with Crippen LogP contribution in [0.4, 0.5) is 5.69 Å². The molecule has 0 aromatic heterocycles. The van der Waals surface area contributed by atoms with Gasteiger partial charge in [0.25, 0.3) is 0 Å². The molecule has 2 rings (SSSR count). The molecular formula is C9H9NO. The molecule has 1 amide bonds. The first kappa shape index (κ1) is 6.40. The Bertz CT molecular complexity index is 306. The van der Waals surface area contributed by atoms with Gasteiger partial charge in [-0.25, -0.2) is 0 Å². The van der Waals surface area contributed by atoms with Gasteiger partial charge in [0, 0.05) is 12.6 Å². The number of rotatable bonds is 0.